The molecule has 0 spiro atoms. The number of fused-ring (bicyclic) bond motifs is 1. The minimum Gasteiger partial charge on any atom is -0.490 e. The Labute approximate surface area is 208 Å². The molecule has 0 saturated carbocycles. The van der Waals surface area contributed by atoms with Crippen LogP contribution in [-0.2, 0) is 14.4 Å². The highest BCUT2D eigenvalue weighted by molar-refractivity contribution is 6.23. The summed E-state index contributed by atoms with van der Waals surface area (Å²) in [6.45, 7) is 4.91. The molecule has 2 heterocycles. The Morgan fingerprint density at radius 2 is 1.61 bits per heavy atom. The molecule has 3 aromatic rings. The van der Waals surface area contributed by atoms with Gasteiger partial charge >= 0.3 is 0 Å². The van der Waals surface area contributed by atoms with Gasteiger partial charge in [-0.1, -0.05) is 31.2 Å². The lowest BCUT2D eigenvalue weighted by Gasteiger charge is -2.29. The first kappa shape index (κ1) is 23.8. The molecule has 0 aliphatic carbocycles. The summed E-state index contributed by atoms with van der Waals surface area (Å²) in [5.74, 6) is -0.953. The summed E-state index contributed by atoms with van der Waals surface area (Å²) < 4.78 is 25.2. The molecule has 5 rings (SSSR count). The molecule has 186 valence electrons. The van der Waals surface area contributed by atoms with Gasteiger partial charge in [0.15, 0.2) is 17.6 Å². The quantitative estimate of drug-likeness (QED) is 0.411. The second kappa shape index (κ2) is 9.99. The SMILES string of the molecule is CCCOc1ccc([C@@H]2[C@H]3C(=O)N(c4ccc(F)cc4)C(=O)[C@H]3ON2c2ccccc2)cc1OCC. The number of hydroxylamine groups is 1. The highest BCUT2D eigenvalue weighted by Gasteiger charge is 2.60. The highest BCUT2D eigenvalue weighted by Crippen LogP contribution is 2.48. The molecular weight excluding hydrogens is 463 g/mol. The molecule has 36 heavy (non-hydrogen) atoms. The summed E-state index contributed by atoms with van der Waals surface area (Å²) >= 11 is 0. The number of benzene rings is 3. The van der Waals surface area contributed by atoms with Gasteiger partial charge in [0.1, 0.15) is 11.7 Å². The van der Waals surface area contributed by atoms with Crippen LogP contribution in [-0.4, -0.2) is 31.1 Å². The summed E-state index contributed by atoms with van der Waals surface area (Å²) in [6, 6.07) is 19.6. The van der Waals surface area contributed by atoms with Crippen LogP contribution in [0.1, 0.15) is 31.9 Å². The third-order valence-corrected chi connectivity index (χ3v) is 6.28. The average Bonchev–Trinajstić information content (AvgIpc) is 3.40. The van der Waals surface area contributed by atoms with Crippen molar-refractivity contribution in [3.8, 4) is 11.5 Å². The number of para-hydroxylation sites is 1. The summed E-state index contributed by atoms with van der Waals surface area (Å²) in [5.41, 5.74) is 1.78. The Balaban J connectivity index is 1.57. The van der Waals surface area contributed by atoms with Crippen LogP contribution in [0.4, 0.5) is 15.8 Å². The molecule has 2 aliphatic heterocycles. The van der Waals surface area contributed by atoms with Gasteiger partial charge in [-0.05, 0) is 67.4 Å². The lowest BCUT2D eigenvalue weighted by Crippen LogP contribution is -2.37. The van der Waals surface area contributed by atoms with Crippen molar-refractivity contribution in [2.45, 2.75) is 32.4 Å². The first-order valence-corrected chi connectivity index (χ1v) is 12.1. The number of amides is 2. The number of halogens is 1. The molecule has 2 fully saturated rings. The summed E-state index contributed by atoms with van der Waals surface area (Å²) in [6.07, 6.45) is -0.162. The van der Waals surface area contributed by atoms with Gasteiger partial charge in [-0.25, -0.2) is 14.4 Å². The third kappa shape index (κ3) is 4.18. The Bertz CT molecular complexity index is 1250. The van der Waals surface area contributed by atoms with Crippen molar-refractivity contribution in [1.29, 1.82) is 0 Å². The van der Waals surface area contributed by atoms with E-state index in [0.717, 1.165) is 22.6 Å². The van der Waals surface area contributed by atoms with E-state index < -0.39 is 35.7 Å². The first-order chi connectivity index (χ1) is 17.5. The van der Waals surface area contributed by atoms with Crippen LogP contribution >= 0.6 is 0 Å². The maximum absolute atomic E-state index is 13.7. The molecule has 8 heteroatoms. The number of carbonyl (C=O) groups is 2. The van der Waals surface area contributed by atoms with Crippen molar-refractivity contribution in [2.24, 2.45) is 5.92 Å². The van der Waals surface area contributed by atoms with Gasteiger partial charge in [0.05, 0.1) is 30.6 Å². The van der Waals surface area contributed by atoms with E-state index in [9.17, 15) is 14.0 Å². The Morgan fingerprint density at radius 1 is 0.861 bits per heavy atom. The molecule has 0 radical (unpaired) electrons. The topological polar surface area (TPSA) is 68.3 Å². The van der Waals surface area contributed by atoms with Crippen LogP contribution in [0.2, 0.25) is 0 Å². The fourth-order valence-electron chi connectivity index (χ4n) is 4.71. The van der Waals surface area contributed by atoms with E-state index in [4.69, 9.17) is 14.3 Å². The van der Waals surface area contributed by atoms with E-state index in [1.165, 1.54) is 24.3 Å². The second-order valence-corrected chi connectivity index (χ2v) is 8.63. The van der Waals surface area contributed by atoms with E-state index in [0.29, 0.717) is 30.4 Å². The monoisotopic (exact) mass is 490 g/mol. The normalized spacial score (nSPS) is 21.1. The van der Waals surface area contributed by atoms with Gasteiger partial charge in [0.2, 0.25) is 5.91 Å². The van der Waals surface area contributed by atoms with Crippen LogP contribution in [0.3, 0.4) is 0 Å². The van der Waals surface area contributed by atoms with Crippen LogP contribution in [0, 0.1) is 11.7 Å². The summed E-state index contributed by atoms with van der Waals surface area (Å²) in [7, 11) is 0. The van der Waals surface area contributed by atoms with E-state index in [-0.39, 0.29) is 0 Å². The van der Waals surface area contributed by atoms with Gasteiger partial charge in [-0.15, -0.1) is 0 Å². The lowest BCUT2D eigenvalue weighted by atomic mass is 9.90. The largest absolute Gasteiger partial charge is 0.490 e. The Kier molecular flexibility index (Phi) is 6.61. The summed E-state index contributed by atoms with van der Waals surface area (Å²) in [5, 5.41) is 1.63. The van der Waals surface area contributed by atoms with Crippen molar-refractivity contribution in [2.75, 3.05) is 23.2 Å². The maximum atomic E-state index is 13.7. The molecule has 0 N–H and O–H groups in total. The van der Waals surface area contributed by atoms with Gasteiger partial charge in [-0.3, -0.25) is 14.4 Å². The molecule has 0 bridgehead atoms. The molecular formula is C28H27FN2O5. The number of ether oxygens (including phenoxy) is 2. The minimum absolute atomic E-state index is 0.313. The predicted octanol–water partition coefficient (Wildman–Crippen LogP) is 5.06. The number of rotatable bonds is 8. The maximum Gasteiger partial charge on any atom is 0.266 e. The van der Waals surface area contributed by atoms with Gasteiger partial charge in [0, 0.05) is 0 Å². The van der Waals surface area contributed by atoms with E-state index in [2.05, 4.69) is 0 Å². The minimum atomic E-state index is -1.01. The number of nitrogens with zero attached hydrogens (tertiary/aromatic N) is 2. The second-order valence-electron chi connectivity index (χ2n) is 8.63. The van der Waals surface area contributed by atoms with Crippen molar-refractivity contribution >= 4 is 23.2 Å². The Morgan fingerprint density at radius 3 is 2.31 bits per heavy atom. The van der Waals surface area contributed by atoms with E-state index in [1.807, 2.05) is 62.4 Å². The number of imide groups is 1. The number of hydrogen-bond donors (Lipinski definition) is 0. The summed E-state index contributed by atoms with van der Waals surface area (Å²) in [4.78, 5) is 34.4. The zero-order valence-electron chi connectivity index (χ0n) is 20.1. The fraction of sp³-hybridized carbons (Fsp3) is 0.286. The van der Waals surface area contributed by atoms with E-state index >= 15 is 0 Å². The zero-order valence-corrected chi connectivity index (χ0v) is 20.1. The molecule has 2 saturated heterocycles. The Hall–Kier alpha value is -3.91. The van der Waals surface area contributed by atoms with Crippen LogP contribution in [0.15, 0.2) is 72.8 Å². The molecule has 7 nitrogen and oxygen atoms in total. The van der Waals surface area contributed by atoms with Crippen molar-refractivity contribution in [3.05, 3.63) is 84.2 Å². The number of carbonyl (C=O) groups excluding carboxylic acids is 2. The van der Waals surface area contributed by atoms with E-state index in [1.54, 1.807) is 5.06 Å². The molecule has 3 atom stereocenters. The molecule has 0 unspecified atom stereocenters. The molecule has 3 aromatic carbocycles. The van der Waals surface area contributed by atoms with Crippen LogP contribution in [0.5, 0.6) is 11.5 Å². The smallest absolute Gasteiger partial charge is 0.266 e. The fourth-order valence-corrected chi connectivity index (χ4v) is 4.71. The van der Waals surface area contributed by atoms with Gasteiger partial charge < -0.3 is 9.47 Å². The first-order valence-electron chi connectivity index (χ1n) is 12.1. The van der Waals surface area contributed by atoms with Gasteiger partial charge in [-0.2, -0.15) is 0 Å². The molecule has 2 amide bonds. The highest BCUT2D eigenvalue weighted by atomic mass is 19.1. The standard InChI is InChI=1S/C28H27FN2O5/c1-3-16-35-22-15-10-18(17-23(22)34-4-2)25-24-26(36-31(25)21-8-6-5-7-9-21)28(33)30(27(24)32)20-13-11-19(29)12-14-20/h5-15,17,24-26H,3-4,16H2,1-2H3/t24-,25-,26+/m1/s1. The van der Waals surface area contributed by atoms with Crippen LogP contribution < -0.4 is 19.4 Å². The number of anilines is 2. The van der Waals surface area contributed by atoms with Crippen molar-refractivity contribution in [3.63, 3.8) is 0 Å². The van der Waals surface area contributed by atoms with Crippen LogP contribution in [0.25, 0.3) is 0 Å². The molecule has 2 aliphatic rings. The zero-order chi connectivity index (χ0) is 25.2. The third-order valence-electron chi connectivity index (χ3n) is 6.28. The van der Waals surface area contributed by atoms with Crippen molar-refractivity contribution in [1.82, 2.24) is 0 Å². The predicted molar refractivity (Wildman–Crippen MR) is 132 cm³/mol. The molecule has 0 aromatic heterocycles. The van der Waals surface area contributed by atoms with Gasteiger partial charge in [0.25, 0.3) is 5.91 Å². The van der Waals surface area contributed by atoms with Crippen molar-refractivity contribution < 1.29 is 28.3 Å². The number of hydrogen-bond acceptors (Lipinski definition) is 6. The lowest BCUT2D eigenvalue weighted by molar-refractivity contribution is -0.126. The average molecular weight is 491 g/mol.